The van der Waals surface area contributed by atoms with Crippen molar-refractivity contribution in [3.63, 3.8) is 0 Å². The molecule has 0 bridgehead atoms. The van der Waals surface area contributed by atoms with Crippen LogP contribution in [-0.2, 0) is 4.74 Å². The number of ether oxygens (including phenoxy) is 1. The molecule has 0 aromatic carbocycles. The molecule has 82 valence electrons. The van der Waals surface area contributed by atoms with Crippen molar-refractivity contribution in [2.75, 3.05) is 13.6 Å². The highest BCUT2D eigenvalue weighted by Gasteiger charge is 2.53. The van der Waals surface area contributed by atoms with Crippen LogP contribution in [0, 0.1) is 11.8 Å². The monoisotopic (exact) mass is 197 g/mol. The molecule has 1 aliphatic heterocycles. The SMILES string of the molecule is C[C@H](OC(C)(C)C)[C@@H]1[C@H]2C[C@H]2CN1C. The number of likely N-dealkylation sites (N-methyl/N-ethyl adjacent to an activating group) is 1. The number of hydrogen-bond donors (Lipinski definition) is 0. The van der Waals surface area contributed by atoms with Gasteiger partial charge >= 0.3 is 0 Å². The molecule has 1 saturated heterocycles. The minimum atomic E-state index is -0.00671. The van der Waals surface area contributed by atoms with Gasteiger partial charge in [-0.2, -0.15) is 0 Å². The van der Waals surface area contributed by atoms with E-state index < -0.39 is 0 Å². The summed E-state index contributed by atoms with van der Waals surface area (Å²) >= 11 is 0. The quantitative estimate of drug-likeness (QED) is 0.672. The lowest BCUT2D eigenvalue weighted by Gasteiger charge is -2.33. The van der Waals surface area contributed by atoms with E-state index in [0.717, 1.165) is 11.8 Å². The zero-order chi connectivity index (χ0) is 10.5. The van der Waals surface area contributed by atoms with Gasteiger partial charge in [0, 0.05) is 12.6 Å². The standard InChI is InChI=1S/C12H23NO/c1-8(14-12(2,3)4)11-10-6-9(10)7-13(11)5/h8-11H,6-7H2,1-5H3/t8-,9-,10-,11+/m0/s1. The predicted octanol–water partition coefficient (Wildman–Crippen LogP) is 2.14. The van der Waals surface area contributed by atoms with Crippen LogP contribution in [0.2, 0.25) is 0 Å². The fourth-order valence-corrected chi connectivity index (χ4v) is 3.05. The summed E-state index contributed by atoms with van der Waals surface area (Å²) in [7, 11) is 2.24. The minimum Gasteiger partial charge on any atom is -0.371 e. The third kappa shape index (κ3) is 1.96. The summed E-state index contributed by atoms with van der Waals surface area (Å²) < 4.78 is 6.05. The van der Waals surface area contributed by atoms with Crippen molar-refractivity contribution < 1.29 is 4.74 Å². The highest BCUT2D eigenvalue weighted by Crippen LogP contribution is 2.50. The number of piperidine rings is 1. The first-order valence-corrected chi connectivity index (χ1v) is 5.76. The van der Waals surface area contributed by atoms with Gasteiger partial charge in [-0.25, -0.2) is 0 Å². The highest BCUT2D eigenvalue weighted by atomic mass is 16.5. The number of rotatable bonds is 2. The van der Waals surface area contributed by atoms with E-state index in [9.17, 15) is 0 Å². The maximum Gasteiger partial charge on any atom is 0.0711 e. The summed E-state index contributed by atoms with van der Waals surface area (Å²) in [5.74, 6) is 1.91. The van der Waals surface area contributed by atoms with Crippen LogP contribution in [0.25, 0.3) is 0 Å². The minimum absolute atomic E-state index is 0.00671. The molecule has 0 spiro atoms. The molecule has 0 N–H and O–H groups in total. The van der Waals surface area contributed by atoms with E-state index in [1.54, 1.807) is 0 Å². The van der Waals surface area contributed by atoms with Crippen molar-refractivity contribution in [3.8, 4) is 0 Å². The number of nitrogens with zero attached hydrogens (tertiary/aromatic N) is 1. The molecule has 4 atom stereocenters. The molecular weight excluding hydrogens is 174 g/mol. The third-order valence-electron chi connectivity index (χ3n) is 3.47. The highest BCUT2D eigenvalue weighted by molar-refractivity contribution is 5.05. The van der Waals surface area contributed by atoms with E-state index >= 15 is 0 Å². The largest absolute Gasteiger partial charge is 0.371 e. The molecular formula is C12H23NO. The summed E-state index contributed by atoms with van der Waals surface area (Å²) in [4.78, 5) is 2.48. The summed E-state index contributed by atoms with van der Waals surface area (Å²) in [5, 5.41) is 0. The average Bonchev–Trinajstić information content (AvgIpc) is 2.58. The lowest BCUT2D eigenvalue weighted by Crippen LogP contribution is -2.42. The first kappa shape index (κ1) is 10.4. The smallest absolute Gasteiger partial charge is 0.0711 e. The number of hydrogen-bond acceptors (Lipinski definition) is 2. The molecule has 0 radical (unpaired) electrons. The van der Waals surface area contributed by atoms with E-state index in [1.165, 1.54) is 13.0 Å². The molecule has 2 nitrogen and oxygen atoms in total. The molecule has 2 rings (SSSR count). The van der Waals surface area contributed by atoms with Crippen molar-refractivity contribution in [1.29, 1.82) is 0 Å². The van der Waals surface area contributed by atoms with E-state index in [-0.39, 0.29) is 5.60 Å². The van der Waals surface area contributed by atoms with E-state index in [4.69, 9.17) is 4.74 Å². The van der Waals surface area contributed by atoms with Gasteiger partial charge in [0.1, 0.15) is 0 Å². The topological polar surface area (TPSA) is 12.5 Å². The van der Waals surface area contributed by atoms with Crippen LogP contribution in [-0.4, -0.2) is 36.2 Å². The Kier molecular flexibility index (Phi) is 2.39. The Labute approximate surface area is 87.6 Å². The van der Waals surface area contributed by atoms with Crippen molar-refractivity contribution >= 4 is 0 Å². The van der Waals surface area contributed by atoms with Crippen LogP contribution in [0.4, 0.5) is 0 Å². The zero-order valence-electron chi connectivity index (χ0n) is 10.1. The Bertz CT molecular complexity index is 219. The molecule has 2 aliphatic rings. The fraction of sp³-hybridized carbons (Fsp3) is 1.00. The van der Waals surface area contributed by atoms with E-state index in [1.807, 2.05) is 0 Å². The van der Waals surface area contributed by atoms with Crippen molar-refractivity contribution in [2.45, 2.75) is 51.9 Å². The fourth-order valence-electron chi connectivity index (χ4n) is 3.05. The summed E-state index contributed by atoms with van der Waals surface area (Å²) in [6, 6.07) is 0.666. The van der Waals surface area contributed by atoms with Gasteiger partial charge < -0.3 is 9.64 Å². The molecule has 0 unspecified atom stereocenters. The average molecular weight is 197 g/mol. The Morgan fingerprint density at radius 1 is 1.36 bits per heavy atom. The Balaban J connectivity index is 1.94. The number of fused-ring (bicyclic) bond motifs is 1. The molecule has 0 aromatic rings. The Hall–Kier alpha value is -0.0800. The van der Waals surface area contributed by atoms with Gasteiger partial charge in [-0.1, -0.05) is 0 Å². The van der Waals surface area contributed by atoms with E-state index in [2.05, 4.69) is 39.6 Å². The molecule has 0 amide bonds. The number of likely N-dealkylation sites (tertiary alicyclic amines) is 1. The molecule has 2 heteroatoms. The van der Waals surface area contributed by atoms with Crippen LogP contribution in [0.15, 0.2) is 0 Å². The lowest BCUT2D eigenvalue weighted by atomic mass is 10.1. The summed E-state index contributed by atoms with van der Waals surface area (Å²) in [6.07, 6.45) is 1.81. The van der Waals surface area contributed by atoms with Crippen LogP contribution in [0.3, 0.4) is 0 Å². The second-order valence-corrected chi connectivity index (χ2v) is 6.03. The molecule has 2 fully saturated rings. The molecule has 14 heavy (non-hydrogen) atoms. The van der Waals surface area contributed by atoms with Crippen molar-refractivity contribution in [3.05, 3.63) is 0 Å². The summed E-state index contributed by atoms with van der Waals surface area (Å²) in [5.41, 5.74) is -0.00671. The summed E-state index contributed by atoms with van der Waals surface area (Å²) in [6.45, 7) is 9.94. The Morgan fingerprint density at radius 3 is 2.43 bits per heavy atom. The van der Waals surface area contributed by atoms with Crippen molar-refractivity contribution in [1.82, 2.24) is 4.90 Å². The van der Waals surface area contributed by atoms with Gasteiger partial charge in [0.2, 0.25) is 0 Å². The molecule has 1 aliphatic carbocycles. The lowest BCUT2D eigenvalue weighted by molar-refractivity contribution is -0.0823. The normalized spacial score (nSPS) is 39.6. The van der Waals surface area contributed by atoms with Crippen molar-refractivity contribution in [2.24, 2.45) is 11.8 Å². The van der Waals surface area contributed by atoms with Crippen LogP contribution >= 0.6 is 0 Å². The second kappa shape index (κ2) is 3.21. The zero-order valence-corrected chi connectivity index (χ0v) is 10.1. The molecule has 1 heterocycles. The van der Waals surface area contributed by atoms with E-state index in [0.29, 0.717) is 12.1 Å². The van der Waals surface area contributed by atoms with Crippen LogP contribution < -0.4 is 0 Å². The molecule has 1 saturated carbocycles. The van der Waals surface area contributed by atoms with Crippen LogP contribution in [0.5, 0.6) is 0 Å². The first-order valence-electron chi connectivity index (χ1n) is 5.76. The Morgan fingerprint density at radius 2 is 2.00 bits per heavy atom. The first-order chi connectivity index (χ1) is 6.38. The predicted molar refractivity (Wildman–Crippen MR) is 58.3 cm³/mol. The van der Waals surface area contributed by atoms with Gasteiger partial charge in [0.25, 0.3) is 0 Å². The van der Waals surface area contributed by atoms with Gasteiger partial charge in [-0.3, -0.25) is 0 Å². The van der Waals surface area contributed by atoms with Gasteiger partial charge in [-0.05, 0) is 53.0 Å². The third-order valence-corrected chi connectivity index (χ3v) is 3.47. The molecule has 0 aromatic heterocycles. The van der Waals surface area contributed by atoms with Gasteiger partial charge in [0.05, 0.1) is 11.7 Å². The van der Waals surface area contributed by atoms with Crippen LogP contribution in [0.1, 0.15) is 34.1 Å². The van der Waals surface area contributed by atoms with Gasteiger partial charge in [-0.15, -0.1) is 0 Å². The second-order valence-electron chi connectivity index (χ2n) is 6.03. The maximum absolute atomic E-state index is 6.05. The maximum atomic E-state index is 6.05. The van der Waals surface area contributed by atoms with Gasteiger partial charge in [0.15, 0.2) is 0 Å².